The number of rotatable bonds is 4. The minimum absolute atomic E-state index is 0.426. The smallest absolute Gasteiger partial charge is 0.203 e. The highest BCUT2D eigenvalue weighted by Gasteiger charge is 2.26. The van der Waals surface area contributed by atoms with Crippen LogP contribution < -0.4 is 14.2 Å². The fourth-order valence-electron chi connectivity index (χ4n) is 1.67. The third-order valence-electron chi connectivity index (χ3n) is 2.74. The first-order valence-electron chi connectivity index (χ1n) is 5.29. The summed E-state index contributed by atoms with van der Waals surface area (Å²) in [5.41, 5.74) is 0.477. The van der Waals surface area contributed by atoms with Gasteiger partial charge in [0, 0.05) is 5.56 Å². The molecule has 0 aliphatic heterocycles. The second-order valence-electron chi connectivity index (χ2n) is 4.15. The molecule has 92 valence electrons. The number of hydrogen-bond acceptors (Lipinski definition) is 3. The van der Waals surface area contributed by atoms with Crippen LogP contribution in [0.2, 0.25) is 0 Å². The minimum Gasteiger partial charge on any atom is -0.493 e. The molecule has 0 saturated heterocycles. The fourth-order valence-corrected chi connectivity index (χ4v) is 1.67. The van der Waals surface area contributed by atoms with Crippen LogP contribution in [-0.2, 0) is 5.41 Å². The average molecular weight is 234 g/mol. The summed E-state index contributed by atoms with van der Waals surface area (Å²) in [7, 11) is 4.75. The molecule has 0 atom stereocenters. The molecule has 0 spiro atoms. The van der Waals surface area contributed by atoms with Gasteiger partial charge >= 0.3 is 0 Å². The molecule has 17 heavy (non-hydrogen) atoms. The second kappa shape index (κ2) is 5.01. The predicted octanol–water partition coefficient (Wildman–Crippen LogP) is 2.62. The van der Waals surface area contributed by atoms with E-state index in [1.165, 1.54) is 0 Å². The Hall–Kier alpha value is -1.82. The molecule has 0 amide bonds. The molecular weight excluding hydrogens is 216 g/mol. The van der Waals surface area contributed by atoms with Gasteiger partial charge in [0.05, 0.1) is 26.7 Å². The lowest BCUT2D eigenvalue weighted by atomic mass is 9.84. The van der Waals surface area contributed by atoms with Gasteiger partial charge in [-0.25, -0.2) is 0 Å². The highest BCUT2D eigenvalue weighted by atomic mass is 16.5. The Morgan fingerprint density at radius 2 is 1.59 bits per heavy atom. The van der Waals surface area contributed by atoms with Crippen LogP contribution in [0.3, 0.4) is 0 Å². The van der Waals surface area contributed by atoms with Crippen molar-refractivity contribution in [2.75, 3.05) is 21.3 Å². The number of methoxy groups -OCH3 is 3. The average Bonchev–Trinajstić information content (AvgIpc) is 2.36. The quantitative estimate of drug-likeness (QED) is 0.749. The predicted molar refractivity (Wildman–Crippen MR) is 68.0 cm³/mol. The van der Waals surface area contributed by atoms with Gasteiger partial charge in [0.25, 0.3) is 0 Å². The van der Waals surface area contributed by atoms with Crippen LogP contribution in [0.4, 0.5) is 0 Å². The maximum absolute atomic E-state index is 5.55. The van der Waals surface area contributed by atoms with Crippen LogP contribution in [0.1, 0.15) is 19.4 Å². The van der Waals surface area contributed by atoms with Gasteiger partial charge in [0.2, 0.25) is 5.75 Å². The molecular formula is C14H18O3. The van der Waals surface area contributed by atoms with Crippen molar-refractivity contribution in [2.45, 2.75) is 19.3 Å². The van der Waals surface area contributed by atoms with Gasteiger partial charge in [-0.15, -0.1) is 6.42 Å². The summed E-state index contributed by atoms with van der Waals surface area (Å²) in [5.74, 6) is 4.56. The monoisotopic (exact) mass is 234 g/mol. The van der Waals surface area contributed by atoms with Crippen LogP contribution in [0.15, 0.2) is 12.1 Å². The summed E-state index contributed by atoms with van der Waals surface area (Å²) >= 11 is 0. The van der Waals surface area contributed by atoms with E-state index in [0.717, 1.165) is 5.56 Å². The summed E-state index contributed by atoms with van der Waals surface area (Å²) in [6.07, 6.45) is 5.55. The van der Waals surface area contributed by atoms with E-state index in [2.05, 4.69) is 5.92 Å². The van der Waals surface area contributed by atoms with E-state index in [9.17, 15) is 0 Å². The van der Waals surface area contributed by atoms with Crippen LogP contribution in [0.25, 0.3) is 0 Å². The lowest BCUT2D eigenvalue weighted by Gasteiger charge is -2.23. The SMILES string of the molecule is C#CC(C)(C)c1ccc(OC)c(OC)c1OC. The van der Waals surface area contributed by atoms with Crippen LogP contribution >= 0.6 is 0 Å². The van der Waals surface area contributed by atoms with Gasteiger partial charge in [-0.2, -0.15) is 0 Å². The summed E-state index contributed by atoms with van der Waals surface area (Å²) < 4.78 is 15.9. The molecule has 0 fully saturated rings. The van der Waals surface area contributed by atoms with Crippen LogP contribution in [0, 0.1) is 12.3 Å². The van der Waals surface area contributed by atoms with E-state index in [-0.39, 0.29) is 0 Å². The first-order valence-corrected chi connectivity index (χ1v) is 5.29. The van der Waals surface area contributed by atoms with Gasteiger partial charge < -0.3 is 14.2 Å². The summed E-state index contributed by atoms with van der Waals surface area (Å²) in [6, 6.07) is 3.73. The summed E-state index contributed by atoms with van der Waals surface area (Å²) in [4.78, 5) is 0. The largest absolute Gasteiger partial charge is 0.493 e. The molecule has 1 aromatic carbocycles. The Morgan fingerprint density at radius 1 is 1.00 bits per heavy atom. The molecule has 3 heteroatoms. The maximum Gasteiger partial charge on any atom is 0.203 e. The first kappa shape index (κ1) is 13.2. The lowest BCUT2D eigenvalue weighted by Crippen LogP contribution is -2.16. The Kier molecular flexibility index (Phi) is 3.90. The first-order chi connectivity index (χ1) is 8.01. The van der Waals surface area contributed by atoms with Gasteiger partial charge in [-0.3, -0.25) is 0 Å². The third-order valence-corrected chi connectivity index (χ3v) is 2.74. The van der Waals surface area contributed by atoms with Crippen molar-refractivity contribution in [3.63, 3.8) is 0 Å². The summed E-state index contributed by atoms with van der Waals surface area (Å²) in [6.45, 7) is 3.91. The molecule has 0 N–H and O–H groups in total. The molecule has 0 heterocycles. The minimum atomic E-state index is -0.426. The molecule has 0 unspecified atom stereocenters. The second-order valence-corrected chi connectivity index (χ2v) is 4.15. The fraction of sp³-hybridized carbons (Fsp3) is 0.429. The van der Waals surface area contributed by atoms with Gasteiger partial charge in [0.15, 0.2) is 11.5 Å². The van der Waals surface area contributed by atoms with Crippen LogP contribution in [-0.4, -0.2) is 21.3 Å². The van der Waals surface area contributed by atoms with Crippen molar-refractivity contribution < 1.29 is 14.2 Å². The van der Waals surface area contributed by atoms with E-state index >= 15 is 0 Å². The number of terminal acetylenes is 1. The van der Waals surface area contributed by atoms with Gasteiger partial charge in [-0.1, -0.05) is 5.92 Å². The Balaban J connectivity index is 3.50. The summed E-state index contributed by atoms with van der Waals surface area (Å²) in [5, 5.41) is 0. The van der Waals surface area contributed by atoms with Crippen molar-refractivity contribution >= 4 is 0 Å². The van der Waals surface area contributed by atoms with Crippen molar-refractivity contribution in [1.82, 2.24) is 0 Å². The standard InChI is InChI=1S/C14H18O3/c1-7-14(2,3)10-8-9-11(15-4)13(17-6)12(10)16-5/h1,8-9H,2-6H3. The Labute approximate surface area is 103 Å². The molecule has 0 radical (unpaired) electrons. The zero-order chi connectivity index (χ0) is 13.1. The van der Waals surface area contributed by atoms with E-state index < -0.39 is 5.41 Å². The molecule has 0 aromatic heterocycles. The topological polar surface area (TPSA) is 27.7 Å². The molecule has 0 aliphatic rings. The molecule has 0 aliphatic carbocycles. The molecule has 1 aromatic rings. The molecule has 0 saturated carbocycles. The van der Waals surface area contributed by atoms with E-state index in [1.54, 1.807) is 21.3 Å². The highest BCUT2D eigenvalue weighted by molar-refractivity contribution is 5.59. The Morgan fingerprint density at radius 3 is 2.00 bits per heavy atom. The highest BCUT2D eigenvalue weighted by Crippen LogP contribution is 2.43. The van der Waals surface area contributed by atoms with Crippen molar-refractivity contribution in [3.8, 4) is 29.6 Å². The van der Waals surface area contributed by atoms with E-state index in [1.807, 2.05) is 26.0 Å². The molecule has 3 nitrogen and oxygen atoms in total. The maximum atomic E-state index is 5.55. The zero-order valence-corrected chi connectivity index (χ0v) is 11.0. The number of hydrogen-bond donors (Lipinski definition) is 0. The normalized spacial score (nSPS) is 10.6. The zero-order valence-electron chi connectivity index (χ0n) is 11.0. The van der Waals surface area contributed by atoms with Gasteiger partial charge in [-0.05, 0) is 26.0 Å². The van der Waals surface area contributed by atoms with E-state index in [0.29, 0.717) is 17.2 Å². The van der Waals surface area contributed by atoms with Crippen LogP contribution in [0.5, 0.6) is 17.2 Å². The number of benzene rings is 1. The Bertz CT molecular complexity index is 442. The molecule has 1 rings (SSSR count). The number of ether oxygens (including phenoxy) is 3. The van der Waals surface area contributed by atoms with Gasteiger partial charge in [0.1, 0.15) is 0 Å². The van der Waals surface area contributed by atoms with Crippen molar-refractivity contribution in [3.05, 3.63) is 17.7 Å². The third kappa shape index (κ3) is 2.31. The lowest BCUT2D eigenvalue weighted by molar-refractivity contribution is 0.320. The molecule has 0 bridgehead atoms. The van der Waals surface area contributed by atoms with Crippen molar-refractivity contribution in [2.24, 2.45) is 0 Å². The van der Waals surface area contributed by atoms with E-state index in [4.69, 9.17) is 20.6 Å². The van der Waals surface area contributed by atoms with Crippen molar-refractivity contribution in [1.29, 1.82) is 0 Å².